The third kappa shape index (κ3) is 2.60. The molecular formula is C14H17NO. The minimum absolute atomic E-state index is 0.0305. The quantitative estimate of drug-likeness (QED) is 0.717. The molecule has 16 heavy (non-hydrogen) atoms. The number of hydrogen-bond donors (Lipinski definition) is 0. The zero-order chi connectivity index (χ0) is 12.1. The largest absolute Gasteiger partial charge is 0.315 e. The van der Waals surface area contributed by atoms with Gasteiger partial charge in [-0.3, -0.25) is 4.79 Å². The highest BCUT2D eigenvalue weighted by atomic mass is 16.1. The highest BCUT2D eigenvalue weighted by Crippen LogP contribution is 2.20. The van der Waals surface area contributed by atoms with Crippen LogP contribution in [0, 0.1) is 6.92 Å². The Labute approximate surface area is 96.9 Å². The fraction of sp³-hybridized carbons (Fsp3) is 0.214. The summed E-state index contributed by atoms with van der Waals surface area (Å²) in [4.78, 5) is 13.3. The Morgan fingerprint density at radius 2 is 1.88 bits per heavy atom. The van der Waals surface area contributed by atoms with Crippen molar-refractivity contribution in [3.8, 4) is 0 Å². The first-order valence-corrected chi connectivity index (χ1v) is 5.26. The van der Waals surface area contributed by atoms with Crippen LogP contribution in [-0.2, 0) is 4.79 Å². The maximum absolute atomic E-state index is 11.5. The lowest BCUT2D eigenvalue weighted by molar-refractivity contribution is -0.113. The first kappa shape index (κ1) is 12.2. The van der Waals surface area contributed by atoms with Crippen LogP contribution in [-0.4, -0.2) is 5.78 Å². The molecule has 0 aromatic heterocycles. The van der Waals surface area contributed by atoms with Crippen molar-refractivity contribution in [3.63, 3.8) is 0 Å². The minimum Gasteiger partial charge on any atom is -0.315 e. The molecule has 0 saturated heterocycles. The molecule has 0 aliphatic rings. The summed E-state index contributed by atoms with van der Waals surface area (Å²) in [6.07, 6.45) is 3.45. The van der Waals surface area contributed by atoms with Gasteiger partial charge in [-0.05, 0) is 26.0 Å². The second-order valence-electron chi connectivity index (χ2n) is 3.62. The lowest BCUT2D eigenvalue weighted by Gasteiger charge is -2.21. The third-order valence-corrected chi connectivity index (χ3v) is 2.39. The normalized spacial score (nSPS) is 11.1. The van der Waals surface area contributed by atoms with Crippen molar-refractivity contribution < 1.29 is 4.79 Å². The fourth-order valence-electron chi connectivity index (χ4n) is 1.56. The van der Waals surface area contributed by atoms with E-state index >= 15 is 0 Å². The van der Waals surface area contributed by atoms with Crippen LogP contribution in [0.5, 0.6) is 0 Å². The number of aryl methyl sites for hydroxylation is 1. The number of carbonyl (C=O) groups is 1. The summed E-state index contributed by atoms with van der Waals surface area (Å²) in [5.41, 5.74) is 2.78. The van der Waals surface area contributed by atoms with Gasteiger partial charge >= 0.3 is 0 Å². The van der Waals surface area contributed by atoms with E-state index in [1.165, 1.54) is 5.56 Å². The van der Waals surface area contributed by atoms with Crippen LogP contribution in [0.3, 0.4) is 0 Å². The summed E-state index contributed by atoms with van der Waals surface area (Å²) >= 11 is 0. The van der Waals surface area contributed by atoms with Crippen LogP contribution in [0.2, 0.25) is 0 Å². The van der Waals surface area contributed by atoms with Crippen molar-refractivity contribution in [2.45, 2.75) is 20.8 Å². The Morgan fingerprint density at radius 1 is 1.31 bits per heavy atom. The number of hydrogen-bond acceptors (Lipinski definition) is 2. The third-order valence-electron chi connectivity index (χ3n) is 2.39. The van der Waals surface area contributed by atoms with Crippen molar-refractivity contribution in [3.05, 3.63) is 54.4 Å². The molecule has 1 rings (SSSR count). The van der Waals surface area contributed by atoms with Gasteiger partial charge in [0.05, 0.1) is 5.70 Å². The molecule has 0 atom stereocenters. The monoisotopic (exact) mass is 215 g/mol. The number of benzene rings is 1. The van der Waals surface area contributed by atoms with Crippen LogP contribution >= 0.6 is 0 Å². The first-order chi connectivity index (χ1) is 7.60. The van der Waals surface area contributed by atoms with Gasteiger partial charge in [0.2, 0.25) is 0 Å². The molecule has 2 nitrogen and oxygen atoms in total. The van der Waals surface area contributed by atoms with E-state index in [4.69, 9.17) is 0 Å². The van der Waals surface area contributed by atoms with Crippen molar-refractivity contribution in [2.24, 2.45) is 0 Å². The zero-order valence-electron chi connectivity index (χ0n) is 10.0. The maximum atomic E-state index is 11.5. The summed E-state index contributed by atoms with van der Waals surface area (Å²) in [5.74, 6) is 0.0305. The van der Waals surface area contributed by atoms with E-state index < -0.39 is 0 Å². The van der Waals surface area contributed by atoms with Gasteiger partial charge in [-0.25, -0.2) is 0 Å². The van der Waals surface area contributed by atoms with Gasteiger partial charge in [-0.2, -0.15) is 0 Å². The van der Waals surface area contributed by atoms with E-state index in [-0.39, 0.29) is 5.78 Å². The number of carbonyl (C=O) groups excluding carboxylic acids is 1. The molecule has 1 aromatic carbocycles. The molecular weight excluding hydrogens is 198 g/mol. The van der Waals surface area contributed by atoms with Crippen LogP contribution < -0.4 is 4.90 Å². The van der Waals surface area contributed by atoms with E-state index in [1.54, 1.807) is 24.1 Å². The molecule has 0 amide bonds. The van der Waals surface area contributed by atoms with E-state index in [9.17, 15) is 4.79 Å². The zero-order valence-corrected chi connectivity index (χ0v) is 10.0. The van der Waals surface area contributed by atoms with Crippen molar-refractivity contribution in [2.75, 3.05) is 4.90 Å². The van der Waals surface area contributed by atoms with Gasteiger partial charge in [0.15, 0.2) is 5.78 Å². The predicted molar refractivity (Wildman–Crippen MR) is 68.3 cm³/mol. The molecule has 0 unspecified atom stereocenters. The summed E-state index contributed by atoms with van der Waals surface area (Å²) in [7, 11) is 0. The molecule has 0 spiro atoms. The molecule has 0 saturated carbocycles. The van der Waals surface area contributed by atoms with E-state index in [0.29, 0.717) is 5.70 Å². The Balaban J connectivity index is 3.12. The molecule has 0 bridgehead atoms. The topological polar surface area (TPSA) is 20.3 Å². The van der Waals surface area contributed by atoms with E-state index in [1.807, 2.05) is 38.1 Å². The second kappa shape index (κ2) is 5.31. The molecule has 0 fully saturated rings. The Bertz CT molecular complexity index is 415. The summed E-state index contributed by atoms with van der Waals surface area (Å²) in [5, 5.41) is 0. The van der Waals surface area contributed by atoms with Crippen LogP contribution in [0.1, 0.15) is 19.4 Å². The van der Waals surface area contributed by atoms with E-state index in [2.05, 4.69) is 6.58 Å². The summed E-state index contributed by atoms with van der Waals surface area (Å²) in [6.45, 7) is 9.18. The average Bonchev–Trinajstić information content (AvgIpc) is 2.26. The molecule has 1 aromatic rings. The fourth-order valence-corrected chi connectivity index (χ4v) is 1.56. The number of anilines is 1. The van der Waals surface area contributed by atoms with Crippen molar-refractivity contribution >= 4 is 11.5 Å². The average molecular weight is 215 g/mol. The van der Waals surface area contributed by atoms with Crippen LogP contribution in [0.25, 0.3) is 0 Å². The molecule has 0 aliphatic carbocycles. The van der Waals surface area contributed by atoms with Gasteiger partial charge in [-0.1, -0.05) is 30.4 Å². The van der Waals surface area contributed by atoms with Gasteiger partial charge in [0.25, 0.3) is 0 Å². The molecule has 0 aliphatic heterocycles. The standard InChI is InChI=1S/C14H17NO/c1-5-14(12(4)16)15(6-2)13-9-7-11(3)8-10-13/h5-10H,2H2,1,3-4H3/b14-5-. The second-order valence-corrected chi connectivity index (χ2v) is 3.62. The van der Waals surface area contributed by atoms with Crippen molar-refractivity contribution in [1.29, 1.82) is 0 Å². The molecule has 0 radical (unpaired) electrons. The Hall–Kier alpha value is -1.83. The number of ketones is 1. The van der Waals surface area contributed by atoms with Gasteiger partial charge in [-0.15, -0.1) is 0 Å². The van der Waals surface area contributed by atoms with Crippen LogP contribution in [0.15, 0.2) is 48.8 Å². The van der Waals surface area contributed by atoms with Crippen molar-refractivity contribution in [1.82, 2.24) is 0 Å². The number of rotatable bonds is 4. The SMILES string of the molecule is C=CN(/C(=C\C)C(C)=O)c1ccc(C)cc1. The van der Waals surface area contributed by atoms with Gasteiger partial charge < -0.3 is 4.90 Å². The minimum atomic E-state index is 0.0305. The highest BCUT2D eigenvalue weighted by molar-refractivity contribution is 5.97. The lowest BCUT2D eigenvalue weighted by atomic mass is 10.2. The molecule has 2 heteroatoms. The Kier molecular flexibility index (Phi) is 4.06. The number of nitrogens with zero attached hydrogens (tertiary/aromatic N) is 1. The smallest absolute Gasteiger partial charge is 0.176 e. The van der Waals surface area contributed by atoms with E-state index in [0.717, 1.165) is 5.69 Å². The number of allylic oxidation sites excluding steroid dienone is 2. The predicted octanol–water partition coefficient (Wildman–Crippen LogP) is 3.44. The number of Topliss-reactive ketones (excluding diaryl/α,β-unsaturated/α-hetero) is 1. The van der Waals surface area contributed by atoms with Gasteiger partial charge in [0.1, 0.15) is 0 Å². The molecule has 0 N–H and O–H groups in total. The van der Waals surface area contributed by atoms with Gasteiger partial charge in [0, 0.05) is 18.8 Å². The Morgan fingerprint density at radius 3 is 2.25 bits per heavy atom. The summed E-state index contributed by atoms with van der Waals surface area (Å²) < 4.78 is 0. The van der Waals surface area contributed by atoms with Crippen LogP contribution in [0.4, 0.5) is 5.69 Å². The molecule has 0 heterocycles. The lowest BCUT2D eigenvalue weighted by Crippen LogP contribution is -2.19. The highest BCUT2D eigenvalue weighted by Gasteiger charge is 2.11. The maximum Gasteiger partial charge on any atom is 0.176 e. The first-order valence-electron chi connectivity index (χ1n) is 5.26. The molecule has 84 valence electrons. The summed E-state index contributed by atoms with van der Waals surface area (Å²) in [6, 6.07) is 7.98.